The van der Waals surface area contributed by atoms with Gasteiger partial charge in [-0.05, 0) is 45.6 Å². The highest BCUT2D eigenvalue weighted by atomic mass is 79.9. The predicted molar refractivity (Wildman–Crippen MR) is 91.8 cm³/mol. The maximum Gasteiger partial charge on any atom is 0.243 e. The second-order valence-corrected chi connectivity index (χ2v) is 5.98. The van der Waals surface area contributed by atoms with Crippen LogP contribution in [0, 0.1) is 0 Å². The van der Waals surface area contributed by atoms with Gasteiger partial charge in [0.15, 0.2) is 0 Å². The monoisotopic (exact) mass is 346 g/mol. The maximum atomic E-state index is 12.1. The number of amides is 1. The summed E-state index contributed by atoms with van der Waals surface area (Å²) in [6.07, 6.45) is 0. The van der Waals surface area contributed by atoms with Crippen molar-refractivity contribution < 1.29 is 4.79 Å². The number of hydrogen-bond donors (Lipinski definition) is 2. The fraction of sp³-hybridized carbons (Fsp3) is 0.235. The van der Waals surface area contributed by atoms with E-state index in [0.717, 1.165) is 21.4 Å². The van der Waals surface area contributed by atoms with Crippen molar-refractivity contribution >= 4 is 33.2 Å². The van der Waals surface area contributed by atoms with Gasteiger partial charge in [-0.1, -0.05) is 44.2 Å². The largest absolute Gasteiger partial charge is 0.375 e. The van der Waals surface area contributed by atoms with E-state index in [4.69, 9.17) is 0 Å². The fourth-order valence-electron chi connectivity index (χ4n) is 2.09. The van der Waals surface area contributed by atoms with Crippen LogP contribution in [0.25, 0.3) is 0 Å². The number of nitrogens with one attached hydrogen (secondary N) is 2. The van der Waals surface area contributed by atoms with Gasteiger partial charge < -0.3 is 10.6 Å². The van der Waals surface area contributed by atoms with Crippen molar-refractivity contribution in [2.75, 3.05) is 17.2 Å². The molecule has 0 aliphatic heterocycles. The summed E-state index contributed by atoms with van der Waals surface area (Å²) in [5.74, 6) is 0.316. The number of anilines is 2. The van der Waals surface area contributed by atoms with Crippen LogP contribution in [0.1, 0.15) is 25.3 Å². The summed E-state index contributed by atoms with van der Waals surface area (Å²) in [5.41, 5.74) is 2.93. The molecule has 0 saturated heterocycles. The maximum absolute atomic E-state index is 12.1. The second kappa shape index (κ2) is 7.27. The van der Waals surface area contributed by atoms with Gasteiger partial charge in [-0.25, -0.2) is 0 Å². The van der Waals surface area contributed by atoms with Crippen molar-refractivity contribution in [3.63, 3.8) is 0 Å². The first-order chi connectivity index (χ1) is 10.1. The van der Waals surface area contributed by atoms with Gasteiger partial charge in [0.25, 0.3) is 0 Å². The first-order valence-corrected chi connectivity index (χ1v) is 7.74. The molecule has 2 aromatic rings. The molecule has 0 heterocycles. The van der Waals surface area contributed by atoms with Crippen LogP contribution in [-0.4, -0.2) is 12.5 Å². The summed E-state index contributed by atoms with van der Waals surface area (Å²) < 4.78 is 0.945. The zero-order valence-electron chi connectivity index (χ0n) is 12.2. The Balaban J connectivity index is 1.98. The second-order valence-electron chi connectivity index (χ2n) is 5.12. The van der Waals surface area contributed by atoms with E-state index in [9.17, 15) is 4.79 Å². The first kappa shape index (κ1) is 15.6. The van der Waals surface area contributed by atoms with Crippen molar-refractivity contribution in [1.29, 1.82) is 0 Å². The number of para-hydroxylation sites is 2. The molecule has 21 heavy (non-hydrogen) atoms. The minimum Gasteiger partial charge on any atom is -0.375 e. The van der Waals surface area contributed by atoms with Crippen molar-refractivity contribution in [2.45, 2.75) is 19.8 Å². The molecule has 3 nitrogen and oxygen atoms in total. The Morgan fingerprint density at radius 2 is 1.67 bits per heavy atom. The van der Waals surface area contributed by atoms with Gasteiger partial charge >= 0.3 is 0 Å². The van der Waals surface area contributed by atoms with E-state index in [2.05, 4.69) is 40.4 Å². The van der Waals surface area contributed by atoms with Crippen LogP contribution in [0.5, 0.6) is 0 Å². The molecular weight excluding hydrogens is 328 g/mol. The lowest BCUT2D eigenvalue weighted by Gasteiger charge is -2.14. The van der Waals surface area contributed by atoms with Gasteiger partial charge in [-0.2, -0.15) is 0 Å². The van der Waals surface area contributed by atoms with Crippen LogP contribution in [0.4, 0.5) is 11.4 Å². The molecule has 0 atom stereocenters. The summed E-state index contributed by atoms with van der Waals surface area (Å²) in [7, 11) is 0. The van der Waals surface area contributed by atoms with Crippen molar-refractivity contribution in [3.05, 3.63) is 58.6 Å². The minimum atomic E-state index is -0.0566. The van der Waals surface area contributed by atoms with E-state index in [1.54, 1.807) is 0 Å². The molecule has 0 unspecified atom stereocenters. The molecule has 0 aliphatic rings. The predicted octanol–water partition coefficient (Wildman–Crippen LogP) is 4.62. The lowest BCUT2D eigenvalue weighted by Crippen LogP contribution is -2.22. The van der Waals surface area contributed by atoms with Crippen molar-refractivity contribution in [1.82, 2.24) is 0 Å². The summed E-state index contributed by atoms with van der Waals surface area (Å²) in [5, 5.41) is 6.09. The highest BCUT2D eigenvalue weighted by Crippen LogP contribution is 2.24. The van der Waals surface area contributed by atoms with E-state index in [-0.39, 0.29) is 12.5 Å². The summed E-state index contributed by atoms with van der Waals surface area (Å²) >= 11 is 3.45. The number of hydrogen-bond acceptors (Lipinski definition) is 2. The molecule has 0 bridgehead atoms. The average molecular weight is 347 g/mol. The van der Waals surface area contributed by atoms with Gasteiger partial charge in [0.2, 0.25) is 5.91 Å². The summed E-state index contributed by atoms with van der Waals surface area (Å²) in [6.45, 7) is 4.46. The molecule has 2 aromatic carbocycles. The zero-order chi connectivity index (χ0) is 15.2. The van der Waals surface area contributed by atoms with Crippen LogP contribution in [0.3, 0.4) is 0 Å². The molecule has 0 saturated carbocycles. The Hall–Kier alpha value is -1.81. The molecular formula is C17H19BrN2O. The molecule has 0 aromatic heterocycles. The quantitative estimate of drug-likeness (QED) is 0.828. The molecule has 110 valence electrons. The SMILES string of the molecule is CC(C)c1ccccc1NC(=O)CNc1ccccc1Br. The van der Waals surface area contributed by atoms with Crippen LogP contribution < -0.4 is 10.6 Å². The fourth-order valence-corrected chi connectivity index (χ4v) is 2.51. The number of halogens is 1. The minimum absolute atomic E-state index is 0.0566. The first-order valence-electron chi connectivity index (χ1n) is 6.95. The lowest BCUT2D eigenvalue weighted by molar-refractivity contribution is -0.114. The molecule has 4 heteroatoms. The number of benzene rings is 2. The third-order valence-electron chi connectivity index (χ3n) is 3.17. The summed E-state index contributed by atoms with van der Waals surface area (Å²) in [4.78, 5) is 12.1. The van der Waals surface area contributed by atoms with E-state index in [1.165, 1.54) is 0 Å². The van der Waals surface area contributed by atoms with Crippen LogP contribution in [-0.2, 0) is 4.79 Å². The van der Waals surface area contributed by atoms with Crippen LogP contribution in [0.2, 0.25) is 0 Å². The smallest absolute Gasteiger partial charge is 0.243 e. The van der Waals surface area contributed by atoms with Gasteiger partial charge in [-0.15, -0.1) is 0 Å². The van der Waals surface area contributed by atoms with Gasteiger partial charge in [0, 0.05) is 15.8 Å². The van der Waals surface area contributed by atoms with Crippen LogP contribution in [0.15, 0.2) is 53.0 Å². The van der Waals surface area contributed by atoms with E-state index in [0.29, 0.717) is 5.92 Å². The van der Waals surface area contributed by atoms with E-state index in [1.807, 2.05) is 48.5 Å². The number of carbonyl (C=O) groups excluding carboxylic acids is 1. The Kier molecular flexibility index (Phi) is 5.39. The topological polar surface area (TPSA) is 41.1 Å². The van der Waals surface area contributed by atoms with E-state index < -0.39 is 0 Å². The molecule has 2 rings (SSSR count). The van der Waals surface area contributed by atoms with E-state index >= 15 is 0 Å². The average Bonchev–Trinajstić information content (AvgIpc) is 2.47. The Morgan fingerprint density at radius 3 is 2.33 bits per heavy atom. The van der Waals surface area contributed by atoms with Gasteiger partial charge in [0.1, 0.15) is 0 Å². The molecule has 0 aliphatic carbocycles. The van der Waals surface area contributed by atoms with Gasteiger partial charge in [0.05, 0.1) is 6.54 Å². The Morgan fingerprint density at radius 1 is 1.05 bits per heavy atom. The Labute approximate surface area is 133 Å². The number of rotatable bonds is 5. The third kappa shape index (κ3) is 4.33. The molecule has 0 fully saturated rings. The lowest BCUT2D eigenvalue weighted by atomic mass is 10.0. The Bertz CT molecular complexity index is 626. The molecule has 2 N–H and O–H groups in total. The highest BCUT2D eigenvalue weighted by molar-refractivity contribution is 9.10. The molecule has 1 amide bonds. The van der Waals surface area contributed by atoms with Gasteiger partial charge in [-0.3, -0.25) is 4.79 Å². The normalized spacial score (nSPS) is 10.5. The van der Waals surface area contributed by atoms with Crippen molar-refractivity contribution in [3.8, 4) is 0 Å². The highest BCUT2D eigenvalue weighted by Gasteiger charge is 2.09. The standard InChI is InChI=1S/C17H19BrN2O/c1-12(2)13-7-3-5-9-15(13)20-17(21)11-19-16-10-6-4-8-14(16)18/h3-10,12,19H,11H2,1-2H3,(H,20,21). The number of carbonyl (C=O) groups is 1. The molecule has 0 spiro atoms. The zero-order valence-corrected chi connectivity index (χ0v) is 13.8. The summed E-state index contributed by atoms with van der Waals surface area (Å²) in [6, 6.07) is 15.6. The van der Waals surface area contributed by atoms with Crippen molar-refractivity contribution in [2.24, 2.45) is 0 Å². The third-order valence-corrected chi connectivity index (χ3v) is 3.86. The molecule has 0 radical (unpaired) electrons. The van der Waals surface area contributed by atoms with Crippen LogP contribution >= 0.6 is 15.9 Å².